The molecule has 0 saturated heterocycles. The molecule has 0 aromatic rings. The van der Waals surface area contributed by atoms with Crippen LogP contribution in [0, 0.1) is 11.3 Å². The Morgan fingerprint density at radius 2 is 1.47 bits per heavy atom. The highest BCUT2D eigenvalue weighted by Gasteiger charge is 2.30. The Labute approximate surface area is 91.6 Å². The molecule has 15 heavy (non-hydrogen) atoms. The molecule has 0 unspecified atom stereocenters. The van der Waals surface area contributed by atoms with Gasteiger partial charge in [0.2, 0.25) is 0 Å². The van der Waals surface area contributed by atoms with Crippen molar-refractivity contribution in [1.82, 2.24) is 0 Å². The molecule has 4 heteroatoms. The van der Waals surface area contributed by atoms with E-state index >= 15 is 0 Å². The number of aliphatic hydroxyl groups is 4. The molecule has 92 valence electrons. The fourth-order valence-corrected chi connectivity index (χ4v) is 1.49. The van der Waals surface area contributed by atoms with E-state index in [9.17, 15) is 15.3 Å². The van der Waals surface area contributed by atoms with Gasteiger partial charge in [0.05, 0.1) is 24.9 Å². The van der Waals surface area contributed by atoms with Crippen LogP contribution < -0.4 is 0 Å². The lowest BCUT2D eigenvalue weighted by Gasteiger charge is -2.30. The third-order valence-corrected chi connectivity index (χ3v) is 2.55. The zero-order valence-electron chi connectivity index (χ0n) is 10.0. The first kappa shape index (κ1) is 14.8. The van der Waals surface area contributed by atoms with E-state index < -0.39 is 30.8 Å². The average Bonchev–Trinajstić information content (AvgIpc) is 2.11. The second-order valence-corrected chi connectivity index (χ2v) is 5.43. The van der Waals surface area contributed by atoms with Crippen LogP contribution in [0.4, 0.5) is 0 Å². The van der Waals surface area contributed by atoms with Gasteiger partial charge >= 0.3 is 0 Å². The van der Waals surface area contributed by atoms with E-state index in [-0.39, 0.29) is 5.41 Å². The average molecular weight is 220 g/mol. The molecular weight excluding hydrogens is 196 g/mol. The summed E-state index contributed by atoms with van der Waals surface area (Å²) in [6.45, 7) is 7.11. The fraction of sp³-hybridized carbons (Fsp3) is 1.00. The lowest BCUT2D eigenvalue weighted by molar-refractivity contribution is -0.0737. The molecule has 0 aliphatic rings. The van der Waals surface area contributed by atoms with E-state index in [1.807, 2.05) is 20.8 Å². The first-order chi connectivity index (χ1) is 6.69. The molecule has 4 N–H and O–H groups in total. The number of aliphatic hydroxyl groups excluding tert-OH is 4. The van der Waals surface area contributed by atoms with Crippen LogP contribution in [-0.4, -0.2) is 45.3 Å². The van der Waals surface area contributed by atoms with Gasteiger partial charge < -0.3 is 20.4 Å². The Balaban J connectivity index is 4.25. The zero-order valence-corrected chi connectivity index (χ0v) is 10.0. The van der Waals surface area contributed by atoms with E-state index in [1.165, 1.54) is 0 Å². The quantitative estimate of drug-likeness (QED) is 0.531. The molecule has 0 heterocycles. The van der Waals surface area contributed by atoms with E-state index in [0.29, 0.717) is 6.42 Å². The van der Waals surface area contributed by atoms with Gasteiger partial charge in [0, 0.05) is 5.92 Å². The fourth-order valence-electron chi connectivity index (χ4n) is 1.49. The van der Waals surface area contributed by atoms with Gasteiger partial charge in [0.1, 0.15) is 0 Å². The van der Waals surface area contributed by atoms with E-state index in [2.05, 4.69) is 0 Å². The van der Waals surface area contributed by atoms with Gasteiger partial charge in [-0.05, 0) is 11.8 Å². The number of hydrogen-bond acceptors (Lipinski definition) is 4. The highest BCUT2D eigenvalue weighted by molar-refractivity contribution is 4.81. The third-order valence-electron chi connectivity index (χ3n) is 2.55. The molecule has 0 radical (unpaired) electrons. The zero-order chi connectivity index (χ0) is 12.2. The Bertz CT molecular complexity index is 176. The minimum absolute atomic E-state index is 0.0791. The van der Waals surface area contributed by atoms with Crippen LogP contribution in [0.25, 0.3) is 0 Å². The van der Waals surface area contributed by atoms with Crippen LogP contribution in [-0.2, 0) is 0 Å². The van der Waals surface area contributed by atoms with Crippen molar-refractivity contribution in [2.24, 2.45) is 11.3 Å². The summed E-state index contributed by atoms with van der Waals surface area (Å²) in [6.07, 6.45) is -2.42. The van der Waals surface area contributed by atoms with Gasteiger partial charge in [0.25, 0.3) is 0 Å². The third kappa shape index (κ3) is 5.47. The molecule has 0 spiro atoms. The van der Waals surface area contributed by atoms with Crippen molar-refractivity contribution in [1.29, 1.82) is 0 Å². The monoisotopic (exact) mass is 220 g/mol. The van der Waals surface area contributed by atoms with Crippen molar-refractivity contribution < 1.29 is 20.4 Å². The Morgan fingerprint density at radius 3 is 1.80 bits per heavy atom. The maximum absolute atomic E-state index is 9.73. The molecule has 0 aliphatic heterocycles. The van der Waals surface area contributed by atoms with Crippen molar-refractivity contribution in [2.45, 2.75) is 52.4 Å². The lowest BCUT2D eigenvalue weighted by Crippen LogP contribution is -2.41. The minimum Gasteiger partial charge on any atom is -0.394 e. The molecule has 0 fully saturated rings. The predicted octanol–water partition coefficient (Wildman–Crippen LogP) is 0.134. The second kappa shape index (κ2) is 5.80. The Kier molecular flexibility index (Phi) is 5.73. The van der Waals surface area contributed by atoms with Crippen LogP contribution in [0.15, 0.2) is 0 Å². The maximum atomic E-state index is 9.73. The highest BCUT2D eigenvalue weighted by atomic mass is 16.3. The van der Waals surface area contributed by atoms with Crippen LogP contribution in [0.3, 0.4) is 0 Å². The molecule has 0 saturated carbocycles. The molecule has 4 atom stereocenters. The standard InChI is InChI=1S/C11H24O4/c1-7(9(14)6-12)10(15)8(13)5-11(2,3)4/h7-10,12-15H,5-6H2,1-4H3/t7-,8+,9-,10+/m1/s1. The summed E-state index contributed by atoms with van der Waals surface area (Å²) in [5.41, 5.74) is -0.0791. The van der Waals surface area contributed by atoms with E-state index in [0.717, 1.165) is 0 Å². The van der Waals surface area contributed by atoms with Gasteiger partial charge in [0.15, 0.2) is 0 Å². The minimum atomic E-state index is -1.01. The topological polar surface area (TPSA) is 80.9 Å². The van der Waals surface area contributed by atoms with Gasteiger partial charge in [-0.15, -0.1) is 0 Å². The van der Waals surface area contributed by atoms with Crippen LogP contribution >= 0.6 is 0 Å². The van der Waals surface area contributed by atoms with Crippen molar-refractivity contribution in [3.63, 3.8) is 0 Å². The highest BCUT2D eigenvalue weighted by Crippen LogP contribution is 2.25. The first-order valence-electron chi connectivity index (χ1n) is 5.34. The normalized spacial score (nSPS) is 20.8. The molecule has 0 aliphatic carbocycles. The molecule has 0 aromatic heterocycles. The number of rotatable bonds is 5. The summed E-state index contributed by atoms with van der Waals surface area (Å²) in [5.74, 6) is -0.535. The van der Waals surface area contributed by atoms with Crippen LogP contribution in [0.1, 0.15) is 34.1 Å². The summed E-state index contributed by atoms with van der Waals surface area (Å²) < 4.78 is 0. The summed E-state index contributed by atoms with van der Waals surface area (Å²) in [6, 6.07) is 0. The molecule has 0 rings (SSSR count). The molecule has 0 amide bonds. The van der Waals surface area contributed by atoms with Crippen molar-refractivity contribution in [3.05, 3.63) is 0 Å². The van der Waals surface area contributed by atoms with Crippen molar-refractivity contribution >= 4 is 0 Å². The molecular formula is C11H24O4. The molecule has 4 nitrogen and oxygen atoms in total. The Hall–Kier alpha value is -0.160. The molecule has 0 bridgehead atoms. The van der Waals surface area contributed by atoms with Crippen LogP contribution in [0.5, 0.6) is 0 Å². The summed E-state index contributed by atoms with van der Waals surface area (Å²) in [4.78, 5) is 0. The second-order valence-electron chi connectivity index (χ2n) is 5.43. The van der Waals surface area contributed by atoms with Gasteiger partial charge in [-0.25, -0.2) is 0 Å². The number of hydrogen-bond donors (Lipinski definition) is 4. The lowest BCUT2D eigenvalue weighted by atomic mass is 9.84. The Morgan fingerprint density at radius 1 is 1.00 bits per heavy atom. The molecule has 0 aromatic carbocycles. The van der Waals surface area contributed by atoms with E-state index in [4.69, 9.17) is 5.11 Å². The van der Waals surface area contributed by atoms with Gasteiger partial charge in [-0.1, -0.05) is 27.7 Å². The smallest absolute Gasteiger partial charge is 0.0850 e. The predicted molar refractivity (Wildman–Crippen MR) is 58.3 cm³/mol. The van der Waals surface area contributed by atoms with Gasteiger partial charge in [-0.2, -0.15) is 0 Å². The summed E-state index contributed by atoms with van der Waals surface area (Å²) in [7, 11) is 0. The van der Waals surface area contributed by atoms with E-state index in [1.54, 1.807) is 6.92 Å². The SMILES string of the molecule is C[C@@H]([C@H](O)[C@@H](O)CC(C)(C)C)[C@H](O)CO. The maximum Gasteiger partial charge on any atom is 0.0850 e. The van der Waals surface area contributed by atoms with Gasteiger partial charge in [-0.3, -0.25) is 0 Å². The largest absolute Gasteiger partial charge is 0.394 e. The summed E-state index contributed by atoms with van der Waals surface area (Å²) in [5, 5.41) is 37.5. The summed E-state index contributed by atoms with van der Waals surface area (Å²) >= 11 is 0. The van der Waals surface area contributed by atoms with Crippen molar-refractivity contribution in [3.8, 4) is 0 Å². The van der Waals surface area contributed by atoms with Crippen LogP contribution in [0.2, 0.25) is 0 Å². The van der Waals surface area contributed by atoms with Crippen molar-refractivity contribution in [2.75, 3.05) is 6.61 Å². The first-order valence-corrected chi connectivity index (χ1v) is 5.34.